The summed E-state index contributed by atoms with van der Waals surface area (Å²) in [5, 5.41) is 10.3. The summed E-state index contributed by atoms with van der Waals surface area (Å²) in [7, 11) is 0. The van der Waals surface area contributed by atoms with E-state index in [0.29, 0.717) is 5.92 Å². The lowest BCUT2D eigenvalue weighted by Crippen LogP contribution is -2.00. The van der Waals surface area contributed by atoms with E-state index in [4.69, 9.17) is 0 Å². The summed E-state index contributed by atoms with van der Waals surface area (Å²) in [6.07, 6.45) is 10.8. The van der Waals surface area contributed by atoms with Crippen molar-refractivity contribution in [1.82, 2.24) is 0 Å². The Morgan fingerprint density at radius 1 is 0.952 bits per heavy atom. The first-order valence-corrected chi connectivity index (χ1v) is 8.90. The van der Waals surface area contributed by atoms with Crippen molar-refractivity contribution in [2.75, 3.05) is 0 Å². The summed E-state index contributed by atoms with van der Waals surface area (Å²) < 4.78 is 0. The quantitative estimate of drug-likeness (QED) is 0.491. The highest BCUT2D eigenvalue weighted by atomic mass is 16.3. The molecule has 0 amide bonds. The molecule has 1 heteroatoms. The van der Waals surface area contributed by atoms with Crippen molar-refractivity contribution >= 4 is 0 Å². The summed E-state index contributed by atoms with van der Waals surface area (Å²) in [6, 6.07) is 8.51. The summed E-state index contributed by atoms with van der Waals surface area (Å²) in [5.41, 5.74) is 2.44. The predicted octanol–water partition coefficient (Wildman–Crippen LogP) is 6.06. The van der Waals surface area contributed by atoms with Crippen molar-refractivity contribution in [2.24, 2.45) is 5.92 Å². The minimum absolute atomic E-state index is 0.284. The molecule has 0 saturated carbocycles. The Hall–Kier alpha value is -0.820. The van der Waals surface area contributed by atoms with Crippen LogP contribution in [-0.2, 0) is 6.42 Å². The third-order valence-electron chi connectivity index (χ3n) is 4.06. The lowest BCUT2D eigenvalue weighted by Gasteiger charge is -2.13. The Balaban J connectivity index is 2.26. The standard InChI is InChI=1S/C20H34O/c1-4-5-6-7-8-9-10-14-20(21)19-13-11-12-18(16-19)15-17(2)3/h11-13,16-17,20-21H,4-10,14-15H2,1-3H3. The number of rotatable bonds is 11. The first kappa shape index (κ1) is 18.2. The Kier molecular flexibility index (Phi) is 9.41. The molecule has 1 aromatic rings. The van der Waals surface area contributed by atoms with E-state index in [9.17, 15) is 5.11 Å². The topological polar surface area (TPSA) is 20.2 Å². The molecule has 0 fully saturated rings. The molecule has 0 aliphatic heterocycles. The number of benzene rings is 1. The van der Waals surface area contributed by atoms with E-state index in [-0.39, 0.29) is 6.10 Å². The third-order valence-corrected chi connectivity index (χ3v) is 4.06. The van der Waals surface area contributed by atoms with Crippen LogP contribution in [0.3, 0.4) is 0 Å². The first-order chi connectivity index (χ1) is 10.1. The number of aliphatic hydroxyl groups excluding tert-OH is 1. The summed E-state index contributed by atoms with van der Waals surface area (Å²) in [5.74, 6) is 0.667. The number of hydrogen-bond acceptors (Lipinski definition) is 1. The van der Waals surface area contributed by atoms with Crippen molar-refractivity contribution in [3.63, 3.8) is 0 Å². The molecule has 0 aromatic heterocycles. The first-order valence-electron chi connectivity index (χ1n) is 8.90. The molecular weight excluding hydrogens is 256 g/mol. The molecule has 0 aliphatic carbocycles. The SMILES string of the molecule is CCCCCCCCCC(O)c1cccc(CC(C)C)c1. The van der Waals surface area contributed by atoms with Gasteiger partial charge in [0.05, 0.1) is 6.10 Å². The highest BCUT2D eigenvalue weighted by Crippen LogP contribution is 2.22. The van der Waals surface area contributed by atoms with Crippen LogP contribution >= 0.6 is 0 Å². The predicted molar refractivity (Wildman–Crippen MR) is 92.6 cm³/mol. The minimum Gasteiger partial charge on any atom is -0.388 e. The fourth-order valence-corrected chi connectivity index (χ4v) is 2.86. The maximum Gasteiger partial charge on any atom is 0.0790 e. The van der Waals surface area contributed by atoms with Gasteiger partial charge in [-0.05, 0) is 29.9 Å². The average molecular weight is 290 g/mol. The molecule has 0 heterocycles. The van der Waals surface area contributed by atoms with E-state index in [1.54, 1.807) is 0 Å². The van der Waals surface area contributed by atoms with Gasteiger partial charge in [-0.1, -0.05) is 90.0 Å². The van der Waals surface area contributed by atoms with E-state index in [2.05, 4.69) is 45.0 Å². The third kappa shape index (κ3) is 8.26. The molecule has 0 saturated heterocycles. The smallest absolute Gasteiger partial charge is 0.0790 e. The van der Waals surface area contributed by atoms with Gasteiger partial charge < -0.3 is 5.11 Å². The van der Waals surface area contributed by atoms with Gasteiger partial charge in [0.25, 0.3) is 0 Å². The molecule has 1 unspecified atom stereocenters. The van der Waals surface area contributed by atoms with Crippen LogP contribution in [0.25, 0.3) is 0 Å². The van der Waals surface area contributed by atoms with E-state index in [0.717, 1.165) is 24.8 Å². The second-order valence-electron chi connectivity index (χ2n) is 6.77. The summed E-state index contributed by atoms with van der Waals surface area (Å²) in [6.45, 7) is 6.73. The van der Waals surface area contributed by atoms with Gasteiger partial charge >= 0.3 is 0 Å². The maximum atomic E-state index is 10.3. The van der Waals surface area contributed by atoms with Crippen molar-refractivity contribution in [3.8, 4) is 0 Å². The highest BCUT2D eigenvalue weighted by Gasteiger charge is 2.08. The Bertz CT molecular complexity index is 370. The molecule has 0 aliphatic rings. The van der Waals surface area contributed by atoms with Crippen molar-refractivity contribution in [2.45, 2.75) is 84.7 Å². The minimum atomic E-state index is -0.284. The van der Waals surface area contributed by atoms with Crippen LogP contribution in [-0.4, -0.2) is 5.11 Å². The van der Waals surface area contributed by atoms with Gasteiger partial charge in [-0.2, -0.15) is 0 Å². The largest absolute Gasteiger partial charge is 0.388 e. The molecule has 1 rings (SSSR count). The number of unbranched alkanes of at least 4 members (excludes halogenated alkanes) is 6. The van der Waals surface area contributed by atoms with E-state index in [1.165, 1.54) is 44.1 Å². The molecule has 0 radical (unpaired) electrons. The van der Waals surface area contributed by atoms with Gasteiger partial charge in [0.15, 0.2) is 0 Å². The van der Waals surface area contributed by atoms with Crippen molar-refractivity contribution < 1.29 is 5.11 Å². The Morgan fingerprint density at radius 3 is 2.29 bits per heavy atom. The summed E-state index contributed by atoms with van der Waals surface area (Å²) in [4.78, 5) is 0. The van der Waals surface area contributed by atoms with Gasteiger partial charge in [-0.3, -0.25) is 0 Å². The lowest BCUT2D eigenvalue weighted by molar-refractivity contribution is 0.163. The fraction of sp³-hybridized carbons (Fsp3) is 0.700. The van der Waals surface area contributed by atoms with Crippen LogP contribution in [0.1, 0.15) is 89.4 Å². The van der Waals surface area contributed by atoms with Crippen LogP contribution < -0.4 is 0 Å². The highest BCUT2D eigenvalue weighted by molar-refractivity contribution is 5.25. The molecule has 0 bridgehead atoms. The van der Waals surface area contributed by atoms with Gasteiger partial charge in [-0.15, -0.1) is 0 Å². The van der Waals surface area contributed by atoms with E-state index < -0.39 is 0 Å². The zero-order chi connectivity index (χ0) is 15.5. The molecule has 0 spiro atoms. The fourth-order valence-electron chi connectivity index (χ4n) is 2.86. The number of hydrogen-bond donors (Lipinski definition) is 1. The van der Waals surface area contributed by atoms with Crippen LogP contribution in [0.15, 0.2) is 24.3 Å². The average Bonchev–Trinajstić information content (AvgIpc) is 2.45. The van der Waals surface area contributed by atoms with E-state index in [1.807, 2.05) is 0 Å². The normalized spacial score (nSPS) is 12.8. The van der Waals surface area contributed by atoms with Crippen molar-refractivity contribution in [3.05, 3.63) is 35.4 Å². The second-order valence-corrected chi connectivity index (χ2v) is 6.77. The summed E-state index contributed by atoms with van der Waals surface area (Å²) >= 11 is 0. The van der Waals surface area contributed by atoms with Gasteiger partial charge in [0.1, 0.15) is 0 Å². The monoisotopic (exact) mass is 290 g/mol. The van der Waals surface area contributed by atoms with Gasteiger partial charge in [0.2, 0.25) is 0 Å². The Labute approximate surface area is 131 Å². The van der Waals surface area contributed by atoms with Gasteiger partial charge in [-0.25, -0.2) is 0 Å². The maximum absolute atomic E-state index is 10.3. The lowest BCUT2D eigenvalue weighted by atomic mass is 9.97. The molecule has 120 valence electrons. The van der Waals surface area contributed by atoms with Crippen LogP contribution in [0.2, 0.25) is 0 Å². The van der Waals surface area contributed by atoms with E-state index >= 15 is 0 Å². The van der Waals surface area contributed by atoms with Crippen molar-refractivity contribution in [1.29, 1.82) is 0 Å². The van der Waals surface area contributed by atoms with Crippen LogP contribution in [0.5, 0.6) is 0 Å². The molecule has 1 atom stereocenters. The molecular formula is C20H34O. The zero-order valence-electron chi connectivity index (χ0n) is 14.3. The molecule has 1 nitrogen and oxygen atoms in total. The molecule has 21 heavy (non-hydrogen) atoms. The van der Waals surface area contributed by atoms with Gasteiger partial charge in [0, 0.05) is 0 Å². The second kappa shape index (κ2) is 10.8. The molecule has 1 N–H and O–H groups in total. The Morgan fingerprint density at radius 2 is 1.62 bits per heavy atom. The zero-order valence-corrected chi connectivity index (χ0v) is 14.3. The molecule has 1 aromatic carbocycles. The van der Waals surface area contributed by atoms with Crippen LogP contribution in [0, 0.1) is 5.92 Å². The van der Waals surface area contributed by atoms with Crippen LogP contribution in [0.4, 0.5) is 0 Å². The number of aliphatic hydroxyl groups is 1.